The van der Waals surface area contributed by atoms with Crippen LogP contribution >= 0.6 is 0 Å². The van der Waals surface area contributed by atoms with Gasteiger partial charge in [0.15, 0.2) is 0 Å². The average Bonchev–Trinajstić information content (AvgIpc) is 3.12. The summed E-state index contributed by atoms with van der Waals surface area (Å²) < 4.78 is 0. The Balaban J connectivity index is 1.44. The second-order valence-electron chi connectivity index (χ2n) is 6.83. The van der Waals surface area contributed by atoms with E-state index in [0.717, 1.165) is 38.2 Å². The Labute approximate surface area is 149 Å². The number of hydrogen-bond acceptors (Lipinski definition) is 3. The summed E-state index contributed by atoms with van der Waals surface area (Å²) in [7, 11) is 0. The Morgan fingerprint density at radius 3 is 3.00 bits per heavy atom. The summed E-state index contributed by atoms with van der Waals surface area (Å²) in [6.45, 7) is 5.85. The average molecular weight is 340 g/mol. The maximum Gasteiger partial charge on any atom is 0.271 e. The number of aromatic amines is 1. The number of carbonyl (C=O) groups is 1. The Morgan fingerprint density at radius 1 is 1.36 bits per heavy atom. The molecule has 134 valence electrons. The monoisotopic (exact) mass is 340 g/mol. The molecule has 0 saturated carbocycles. The Bertz CT molecular complexity index is 667. The van der Waals surface area contributed by atoms with E-state index in [2.05, 4.69) is 57.7 Å². The van der Waals surface area contributed by atoms with Gasteiger partial charge in [-0.25, -0.2) is 0 Å². The Morgan fingerprint density at radius 2 is 2.20 bits per heavy atom. The smallest absolute Gasteiger partial charge is 0.271 e. The minimum atomic E-state index is -0.0878. The van der Waals surface area contributed by atoms with Crippen LogP contribution in [0.15, 0.2) is 36.4 Å². The molecule has 1 fully saturated rings. The number of hydrogen-bond donors (Lipinski definition) is 2. The molecule has 1 aromatic heterocycles. The molecule has 0 aliphatic carbocycles. The van der Waals surface area contributed by atoms with Crippen LogP contribution < -0.4 is 5.32 Å². The Hall–Kier alpha value is -2.14. The lowest BCUT2D eigenvalue weighted by Gasteiger charge is -2.33. The van der Waals surface area contributed by atoms with Gasteiger partial charge in [-0.1, -0.05) is 43.7 Å². The first-order chi connectivity index (χ1) is 12.3. The van der Waals surface area contributed by atoms with Crippen molar-refractivity contribution in [3.05, 3.63) is 53.3 Å². The van der Waals surface area contributed by atoms with Gasteiger partial charge in [0, 0.05) is 25.3 Å². The van der Waals surface area contributed by atoms with E-state index in [1.807, 2.05) is 6.07 Å². The summed E-state index contributed by atoms with van der Waals surface area (Å²) in [6.07, 6.45) is 4.43. The predicted molar refractivity (Wildman–Crippen MR) is 99.8 cm³/mol. The van der Waals surface area contributed by atoms with Crippen LogP contribution in [0, 0.1) is 0 Å². The van der Waals surface area contributed by atoms with Crippen LogP contribution in [-0.4, -0.2) is 47.2 Å². The van der Waals surface area contributed by atoms with Gasteiger partial charge in [0.2, 0.25) is 0 Å². The van der Waals surface area contributed by atoms with Gasteiger partial charge in [-0.15, -0.1) is 0 Å². The first kappa shape index (κ1) is 17.7. The maximum atomic E-state index is 12.2. The number of benzene rings is 1. The fourth-order valence-corrected chi connectivity index (χ4v) is 3.55. The molecule has 1 aromatic carbocycles. The van der Waals surface area contributed by atoms with Crippen LogP contribution in [0.2, 0.25) is 0 Å². The third-order valence-electron chi connectivity index (χ3n) is 4.87. The number of aryl methyl sites for hydroxylation is 1. The zero-order valence-corrected chi connectivity index (χ0v) is 15.0. The lowest BCUT2D eigenvalue weighted by Crippen LogP contribution is -2.40. The van der Waals surface area contributed by atoms with E-state index >= 15 is 0 Å². The van der Waals surface area contributed by atoms with Gasteiger partial charge >= 0.3 is 0 Å². The van der Waals surface area contributed by atoms with Crippen molar-refractivity contribution in [1.29, 1.82) is 0 Å². The first-order valence-corrected chi connectivity index (χ1v) is 9.36. The van der Waals surface area contributed by atoms with Gasteiger partial charge in [0.1, 0.15) is 5.69 Å². The fourth-order valence-electron chi connectivity index (χ4n) is 3.55. The second-order valence-corrected chi connectivity index (χ2v) is 6.83. The minimum absolute atomic E-state index is 0.0878. The van der Waals surface area contributed by atoms with E-state index in [1.165, 1.54) is 18.4 Å². The molecule has 0 spiro atoms. The van der Waals surface area contributed by atoms with Crippen molar-refractivity contribution < 1.29 is 4.79 Å². The normalized spacial score (nSPS) is 18.2. The van der Waals surface area contributed by atoms with Crippen LogP contribution in [0.1, 0.15) is 53.8 Å². The molecule has 1 unspecified atom stereocenters. The molecule has 1 aliphatic heterocycles. The number of likely N-dealkylation sites (tertiary alicyclic amines) is 1. The van der Waals surface area contributed by atoms with Crippen molar-refractivity contribution in [1.82, 2.24) is 20.4 Å². The van der Waals surface area contributed by atoms with Crippen LogP contribution in [-0.2, 0) is 6.42 Å². The van der Waals surface area contributed by atoms with Gasteiger partial charge < -0.3 is 10.2 Å². The summed E-state index contributed by atoms with van der Waals surface area (Å²) in [5.41, 5.74) is 2.94. The highest BCUT2D eigenvalue weighted by Gasteiger charge is 2.21. The number of piperidine rings is 1. The molecule has 1 atom stereocenters. The van der Waals surface area contributed by atoms with Gasteiger partial charge in [-0.2, -0.15) is 5.10 Å². The topological polar surface area (TPSA) is 61.0 Å². The van der Waals surface area contributed by atoms with Crippen molar-refractivity contribution >= 4 is 5.91 Å². The van der Waals surface area contributed by atoms with Crippen LogP contribution in [0.5, 0.6) is 0 Å². The number of H-pyrrole nitrogens is 1. The fraction of sp³-hybridized carbons (Fsp3) is 0.500. The van der Waals surface area contributed by atoms with Crippen molar-refractivity contribution in [3.8, 4) is 0 Å². The van der Waals surface area contributed by atoms with Gasteiger partial charge in [0.25, 0.3) is 5.91 Å². The molecule has 2 N–H and O–H groups in total. The first-order valence-electron chi connectivity index (χ1n) is 9.36. The van der Waals surface area contributed by atoms with E-state index in [-0.39, 0.29) is 5.91 Å². The van der Waals surface area contributed by atoms with Crippen molar-refractivity contribution in [2.24, 2.45) is 0 Å². The molecule has 0 radical (unpaired) electrons. The molecule has 25 heavy (non-hydrogen) atoms. The minimum Gasteiger partial charge on any atom is -0.349 e. The lowest BCUT2D eigenvalue weighted by atomic mass is 9.91. The second kappa shape index (κ2) is 8.81. The molecular weight excluding hydrogens is 312 g/mol. The molecule has 1 amide bonds. The molecule has 5 nitrogen and oxygen atoms in total. The third-order valence-corrected chi connectivity index (χ3v) is 4.87. The molecule has 2 aromatic rings. The highest BCUT2D eigenvalue weighted by molar-refractivity contribution is 5.92. The van der Waals surface area contributed by atoms with Crippen molar-refractivity contribution in [2.45, 2.75) is 38.5 Å². The third kappa shape index (κ3) is 4.92. The summed E-state index contributed by atoms with van der Waals surface area (Å²) in [4.78, 5) is 14.6. The summed E-state index contributed by atoms with van der Waals surface area (Å²) in [5.74, 6) is 0.517. The van der Waals surface area contributed by atoms with Crippen molar-refractivity contribution in [3.63, 3.8) is 0 Å². The molecular formula is C20H28N4O. The zero-order valence-electron chi connectivity index (χ0n) is 15.0. The van der Waals surface area contributed by atoms with E-state index in [0.29, 0.717) is 18.2 Å². The SMILES string of the molecule is CCCc1cc(C(=O)NCCN2CCCC(c3ccccc3)C2)n[nH]1. The highest BCUT2D eigenvalue weighted by Crippen LogP contribution is 2.26. The predicted octanol–water partition coefficient (Wildman–Crippen LogP) is 2.97. The number of amides is 1. The number of nitrogens with one attached hydrogen (secondary N) is 2. The summed E-state index contributed by atoms with van der Waals surface area (Å²) in [5, 5.41) is 10.0. The van der Waals surface area contributed by atoms with Gasteiger partial charge in [0.05, 0.1) is 0 Å². The summed E-state index contributed by atoms with van der Waals surface area (Å²) in [6, 6.07) is 12.6. The quantitative estimate of drug-likeness (QED) is 0.814. The van der Waals surface area contributed by atoms with Crippen LogP contribution in [0.4, 0.5) is 0 Å². The maximum absolute atomic E-state index is 12.2. The number of rotatable bonds is 7. The van der Waals surface area contributed by atoms with Crippen LogP contribution in [0.25, 0.3) is 0 Å². The van der Waals surface area contributed by atoms with Gasteiger partial charge in [-0.3, -0.25) is 9.89 Å². The van der Waals surface area contributed by atoms with Gasteiger partial charge in [-0.05, 0) is 43.4 Å². The standard InChI is InChI=1S/C20H28N4O/c1-2-7-18-14-19(23-22-18)20(25)21-11-13-24-12-6-10-17(15-24)16-8-4-3-5-9-16/h3-5,8-9,14,17H,2,6-7,10-13,15H2,1H3,(H,21,25)(H,22,23). The van der Waals surface area contributed by atoms with E-state index < -0.39 is 0 Å². The molecule has 1 saturated heterocycles. The van der Waals surface area contributed by atoms with E-state index in [1.54, 1.807) is 0 Å². The van der Waals surface area contributed by atoms with E-state index in [9.17, 15) is 4.79 Å². The van der Waals surface area contributed by atoms with Crippen LogP contribution in [0.3, 0.4) is 0 Å². The molecule has 5 heteroatoms. The van der Waals surface area contributed by atoms with E-state index in [4.69, 9.17) is 0 Å². The highest BCUT2D eigenvalue weighted by atomic mass is 16.1. The number of aromatic nitrogens is 2. The van der Waals surface area contributed by atoms with Crippen molar-refractivity contribution in [2.75, 3.05) is 26.2 Å². The molecule has 1 aliphatic rings. The molecule has 2 heterocycles. The molecule has 0 bridgehead atoms. The largest absolute Gasteiger partial charge is 0.349 e. The number of carbonyl (C=O) groups excluding carboxylic acids is 1. The zero-order chi connectivity index (χ0) is 17.5. The Kier molecular flexibility index (Phi) is 6.23. The lowest BCUT2D eigenvalue weighted by molar-refractivity contribution is 0.0940. The summed E-state index contributed by atoms with van der Waals surface area (Å²) >= 11 is 0. The molecule has 3 rings (SSSR count). The number of nitrogens with zero attached hydrogens (tertiary/aromatic N) is 2.